The number of rotatable bonds is 7. The fourth-order valence-electron chi connectivity index (χ4n) is 2.11. The molecule has 110 valence electrons. The SMILES string of the molecule is CCC(CC)C(C)NC(=O)c1ccc(C=CC(=O)O)s1. The normalized spacial score (nSPS) is 12.8. The number of carboxylic acids is 1. The molecular weight excluding hydrogens is 274 g/mol. The van der Waals surface area contributed by atoms with Crippen LogP contribution in [0.4, 0.5) is 0 Å². The molecule has 0 bridgehead atoms. The van der Waals surface area contributed by atoms with Crippen LogP contribution in [0, 0.1) is 5.92 Å². The van der Waals surface area contributed by atoms with Gasteiger partial charge in [0.2, 0.25) is 0 Å². The van der Waals surface area contributed by atoms with E-state index in [-0.39, 0.29) is 11.9 Å². The van der Waals surface area contributed by atoms with Gasteiger partial charge in [0.1, 0.15) is 0 Å². The fourth-order valence-corrected chi connectivity index (χ4v) is 2.92. The van der Waals surface area contributed by atoms with Crippen LogP contribution in [0.2, 0.25) is 0 Å². The van der Waals surface area contributed by atoms with E-state index in [4.69, 9.17) is 5.11 Å². The molecule has 0 spiro atoms. The minimum absolute atomic E-state index is 0.0932. The summed E-state index contributed by atoms with van der Waals surface area (Å²) < 4.78 is 0. The quantitative estimate of drug-likeness (QED) is 0.758. The van der Waals surface area contributed by atoms with Crippen molar-refractivity contribution in [2.75, 3.05) is 0 Å². The molecule has 0 saturated heterocycles. The minimum Gasteiger partial charge on any atom is -0.478 e. The van der Waals surface area contributed by atoms with Gasteiger partial charge in [0.15, 0.2) is 0 Å². The van der Waals surface area contributed by atoms with E-state index in [9.17, 15) is 9.59 Å². The monoisotopic (exact) mass is 295 g/mol. The predicted octanol–water partition coefficient (Wildman–Crippen LogP) is 3.40. The maximum absolute atomic E-state index is 12.1. The molecule has 20 heavy (non-hydrogen) atoms. The largest absolute Gasteiger partial charge is 0.478 e. The average Bonchev–Trinajstić information content (AvgIpc) is 2.86. The van der Waals surface area contributed by atoms with Gasteiger partial charge in [-0.05, 0) is 31.1 Å². The summed E-state index contributed by atoms with van der Waals surface area (Å²) >= 11 is 1.29. The number of carbonyl (C=O) groups excluding carboxylic acids is 1. The molecule has 1 aromatic rings. The van der Waals surface area contributed by atoms with E-state index in [2.05, 4.69) is 19.2 Å². The number of aliphatic carboxylic acids is 1. The highest BCUT2D eigenvalue weighted by Crippen LogP contribution is 2.19. The van der Waals surface area contributed by atoms with E-state index in [1.807, 2.05) is 6.92 Å². The summed E-state index contributed by atoms with van der Waals surface area (Å²) in [6, 6.07) is 3.61. The van der Waals surface area contributed by atoms with Crippen LogP contribution in [0.1, 0.15) is 48.2 Å². The molecule has 1 unspecified atom stereocenters. The first-order chi connectivity index (χ1) is 9.47. The maximum atomic E-state index is 12.1. The number of hydrogen-bond acceptors (Lipinski definition) is 3. The summed E-state index contributed by atoms with van der Waals surface area (Å²) in [5.74, 6) is -0.610. The summed E-state index contributed by atoms with van der Waals surface area (Å²) in [6.45, 7) is 6.27. The first-order valence-electron chi connectivity index (χ1n) is 6.79. The standard InChI is InChI=1S/C15H21NO3S/c1-4-11(5-2)10(3)16-15(19)13-8-6-12(20-13)7-9-14(17)18/h6-11H,4-5H2,1-3H3,(H,16,19)(H,17,18). The summed E-state index contributed by atoms with van der Waals surface area (Å²) in [4.78, 5) is 23.9. The Bertz CT molecular complexity index is 489. The van der Waals surface area contributed by atoms with Gasteiger partial charge in [0.05, 0.1) is 4.88 Å². The molecule has 1 heterocycles. The Morgan fingerprint density at radius 1 is 1.35 bits per heavy atom. The van der Waals surface area contributed by atoms with Crippen LogP contribution in [0.25, 0.3) is 6.08 Å². The maximum Gasteiger partial charge on any atom is 0.328 e. The van der Waals surface area contributed by atoms with Gasteiger partial charge < -0.3 is 10.4 Å². The third-order valence-electron chi connectivity index (χ3n) is 3.36. The lowest BCUT2D eigenvalue weighted by molar-refractivity contribution is -0.131. The van der Waals surface area contributed by atoms with E-state index in [0.717, 1.165) is 23.8 Å². The van der Waals surface area contributed by atoms with E-state index in [0.29, 0.717) is 10.8 Å². The highest BCUT2D eigenvalue weighted by molar-refractivity contribution is 7.14. The van der Waals surface area contributed by atoms with E-state index in [1.54, 1.807) is 12.1 Å². The van der Waals surface area contributed by atoms with Gasteiger partial charge in [-0.2, -0.15) is 0 Å². The van der Waals surface area contributed by atoms with Crippen molar-refractivity contribution in [3.8, 4) is 0 Å². The molecule has 4 nitrogen and oxygen atoms in total. The topological polar surface area (TPSA) is 66.4 Å². The molecule has 0 aliphatic rings. The second-order valence-corrected chi connectivity index (χ2v) is 5.83. The van der Waals surface area contributed by atoms with Crippen molar-refractivity contribution < 1.29 is 14.7 Å². The molecular formula is C15H21NO3S. The van der Waals surface area contributed by atoms with Crippen LogP contribution in [0.5, 0.6) is 0 Å². The highest BCUT2D eigenvalue weighted by Gasteiger charge is 2.17. The first kappa shape index (κ1) is 16.4. The van der Waals surface area contributed by atoms with Crippen molar-refractivity contribution in [3.05, 3.63) is 28.0 Å². The molecule has 1 rings (SSSR count). The molecule has 0 saturated carbocycles. The van der Waals surface area contributed by atoms with E-state index >= 15 is 0 Å². The number of hydrogen-bond donors (Lipinski definition) is 2. The van der Waals surface area contributed by atoms with Crippen LogP contribution in [0.15, 0.2) is 18.2 Å². The number of amides is 1. The highest BCUT2D eigenvalue weighted by atomic mass is 32.1. The summed E-state index contributed by atoms with van der Waals surface area (Å²) in [5, 5.41) is 11.6. The van der Waals surface area contributed by atoms with Gasteiger partial charge in [-0.15, -0.1) is 11.3 Å². The van der Waals surface area contributed by atoms with Crippen LogP contribution in [0.3, 0.4) is 0 Å². The lowest BCUT2D eigenvalue weighted by atomic mass is 9.95. The fraction of sp³-hybridized carbons (Fsp3) is 0.467. The Hall–Kier alpha value is -1.62. The molecule has 5 heteroatoms. The van der Waals surface area contributed by atoms with Crippen LogP contribution in [-0.4, -0.2) is 23.0 Å². The Balaban J connectivity index is 2.66. The van der Waals surface area contributed by atoms with Gasteiger partial charge in [-0.25, -0.2) is 4.79 Å². The van der Waals surface area contributed by atoms with Crippen LogP contribution >= 0.6 is 11.3 Å². The van der Waals surface area contributed by atoms with E-state index < -0.39 is 5.97 Å². The second-order valence-electron chi connectivity index (χ2n) is 4.71. The first-order valence-corrected chi connectivity index (χ1v) is 7.61. The van der Waals surface area contributed by atoms with Crippen molar-refractivity contribution in [1.82, 2.24) is 5.32 Å². The number of thiophene rings is 1. The Morgan fingerprint density at radius 3 is 2.55 bits per heavy atom. The Kier molecular flexibility index (Phi) is 6.45. The van der Waals surface area contributed by atoms with E-state index in [1.165, 1.54) is 17.4 Å². The third kappa shape index (κ3) is 4.81. The number of nitrogens with one attached hydrogen (secondary N) is 1. The van der Waals surface area contributed by atoms with Gasteiger partial charge in [0.25, 0.3) is 5.91 Å². The molecule has 0 radical (unpaired) electrons. The number of carboxylic acid groups (broad SMARTS) is 1. The molecule has 2 N–H and O–H groups in total. The molecule has 1 amide bonds. The van der Waals surface area contributed by atoms with Gasteiger partial charge >= 0.3 is 5.97 Å². The van der Waals surface area contributed by atoms with Crippen molar-refractivity contribution >= 4 is 29.3 Å². The summed E-state index contributed by atoms with van der Waals surface area (Å²) in [6.07, 6.45) is 4.64. The lowest BCUT2D eigenvalue weighted by Gasteiger charge is -2.22. The zero-order chi connectivity index (χ0) is 15.1. The van der Waals surface area contributed by atoms with Crippen LogP contribution in [-0.2, 0) is 4.79 Å². The molecule has 0 fully saturated rings. The van der Waals surface area contributed by atoms with Gasteiger partial charge in [0, 0.05) is 17.0 Å². The molecule has 0 aliphatic heterocycles. The molecule has 1 atom stereocenters. The zero-order valence-electron chi connectivity index (χ0n) is 12.1. The second kappa shape index (κ2) is 7.85. The molecule has 0 aromatic carbocycles. The van der Waals surface area contributed by atoms with Gasteiger partial charge in [-0.1, -0.05) is 26.7 Å². The van der Waals surface area contributed by atoms with Gasteiger partial charge in [-0.3, -0.25) is 4.79 Å². The van der Waals surface area contributed by atoms with Crippen molar-refractivity contribution in [2.24, 2.45) is 5.92 Å². The van der Waals surface area contributed by atoms with Crippen molar-refractivity contribution in [1.29, 1.82) is 0 Å². The molecule has 0 aliphatic carbocycles. The smallest absolute Gasteiger partial charge is 0.328 e. The van der Waals surface area contributed by atoms with Crippen molar-refractivity contribution in [2.45, 2.75) is 39.7 Å². The Labute approximate surface area is 123 Å². The van der Waals surface area contributed by atoms with Crippen LogP contribution < -0.4 is 5.32 Å². The Morgan fingerprint density at radius 2 is 2.00 bits per heavy atom. The predicted molar refractivity (Wildman–Crippen MR) is 82.0 cm³/mol. The average molecular weight is 295 g/mol. The zero-order valence-corrected chi connectivity index (χ0v) is 12.9. The number of carbonyl (C=O) groups is 2. The van der Waals surface area contributed by atoms with Crippen molar-refractivity contribution in [3.63, 3.8) is 0 Å². The molecule has 1 aromatic heterocycles. The summed E-state index contributed by atoms with van der Waals surface area (Å²) in [7, 11) is 0. The minimum atomic E-state index is -0.994. The third-order valence-corrected chi connectivity index (χ3v) is 4.40. The lowest BCUT2D eigenvalue weighted by Crippen LogP contribution is -2.37. The summed E-state index contributed by atoms with van der Waals surface area (Å²) in [5.41, 5.74) is 0.